The van der Waals surface area contributed by atoms with E-state index in [1.54, 1.807) is 0 Å². The fourth-order valence-corrected chi connectivity index (χ4v) is 1.06. The average Bonchev–Trinajstić information content (AvgIpc) is 2.29. The summed E-state index contributed by atoms with van der Waals surface area (Å²) in [6.45, 7) is 0. The lowest BCUT2D eigenvalue weighted by molar-refractivity contribution is 0.635. The van der Waals surface area contributed by atoms with Crippen LogP contribution in [0.2, 0.25) is 0 Å². The fraction of sp³-hybridized carbons (Fsp3) is 0. The second-order valence-corrected chi connectivity index (χ2v) is 2.34. The molecule has 0 fully saturated rings. The first-order valence-corrected chi connectivity index (χ1v) is 3.22. The van der Waals surface area contributed by atoms with Gasteiger partial charge in [-0.1, -0.05) is 0 Å². The molecule has 12 heavy (non-hydrogen) atoms. The van der Waals surface area contributed by atoms with E-state index in [0.29, 0.717) is 5.65 Å². The van der Waals surface area contributed by atoms with Crippen LogP contribution in [-0.4, -0.2) is 14.6 Å². The maximum absolute atomic E-state index is 13.0. The number of halogens is 1. The number of hydrogen-bond acceptors (Lipinski definition) is 4. The Kier molecular flexibility index (Phi) is 1.18. The predicted octanol–water partition coefficient (Wildman–Crippen LogP) is -0.134. The molecule has 62 valence electrons. The second-order valence-electron chi connectivity index (χ2n) is 2.34. The van der Waals surface area contributed by atoms with Crippen molar-refractivity contribution in [1.82, 2.24) is 14.6 Å². The lowest BCUT2D eigenvalue weighted by atomic mass is 10.4. The summed E-state index contributed by atoms with van der Waals surface area (Å²) in [5.74, 6) is 4.97. The lowest BCUT2D eigenvalue weighted by Crippen LogP contribution is -2.06. The highest BCUT2D eigenvalue weighted by Gasteiger charge is 2.10. The molecule has 2 heterocycles. The number of fused-ring (bicyclic) bond motifs is 1. The molecule has 0 amide bonds. The molecule has 0 saturated heterocycles. The van der Waals surface area contributed by atoms with E-state index in [2.05, 4.69) is 9.97 Å². The van der Waals surface area contributed by atoms with Gasteiger partial charge in [-0.25, -0.2) is 19.0 Å². The zero-order valence-corrected chi connectivity index (χ0v) is 6.03. The van der Waals surface area contributed by atoms with Gasteiger partial charge in [0.1, 0.15) is 12.1 Å². The van der Waals surface area contributed by atoms with Crippen LogP contribution in [0.5, 0.6) is 0 Å². The Morgan fingerprint density at radius 1 is 1.42 bits per heavy atom. The molecule has 6 heteroatoms. The van der Waals surface area contributed by atoms with E-state index in [1.807, 2.05) is 0 Å². The van der Waals surface area contributed by atoms with Crippen LogP contribution in [0, 0.1) is 5.82 Å². The number of nitrogens with two attached hydrogens (primary N) is 2. The maximum atomic E-state index is 13.0. The first-order chi connectivity index (χ1) is 5.70. The Morgan fingerprint density at radius 2 is 2.17 bits per heavy atom. The van der Waals surface area contributed by atoms with Crippen LogP contribution in [0.25, 0.3) is 11.0 Å². The predicted molar refractivity (Wildman–Crippen MR) is 42.0 cm³/mol. The van der Waals surface area contributed by atoms with E-state index in [1.165, 1.54) is 6.33 Å². The van der Waals surface area contributed by atoms with Crippen LogP contribution in [-0.2, 0) is 0 Å². The Labute approximate surface area is 66.8 Å². The highest BCUT2D eigenvalue weighted by Crippen LogP contribution is 2.19. The van der Waals surface area contributed by atoms with Gasteiger partial charge in [0.25, 0.3) is 0 Å². The molecule has 2 rings (SSSR count). The average molecular weight is 167 g/mol. The summed E-state index contributed by atoms with van der Waals surface area (Å²) in [4.78, 5) is 7.41. The van der Waals surface area contributed by atoms with E-state index in [0.717, 1.165) is 10.9 Å². The summed E-state index contributed by atoms with van der Waals surface area (Å²) in [6, 6.07) is 0. The van der Waals surface area contributed by atoms with Gasteiger partial charge in [-0.2, -0.15) is 0 Å². The summed E-state index contributed by atoms with van der Waals surface area (Å²) in [7, 11) is 0. The number of nitrogens with zero attached hydrogens (tertiary/aromatic N) is 3. The molecule has 0 spiro atoms. The van der Waals surface area contributed by atoms with Gasteiger partial charge in [0.15, 0.2) is 11.5 Å². The molecule has 0 radical (unpaired) electrons. The summed E-state index contributed by atoms with van der Waals surface area (Å²) < 4.78 is 14.1. The Hall–Kier alpha value is -1.85. The van der Waals surface area contributed by atoms with Gasteiger partial charge in [-0.3, -0.25) is 0 Å². The van der Waals surface area contributed by atoms with E-state index in [4.69, 9.17) is 11.6 Å². The van der Waals surface area contributed by atoms with Crippen molar-refractivity contribution in [3.8, 4) is 0 Å². The normalized spacial score (nSPS) is 10.8. The number of anilines is 1. The van der Waals surface area contributed by atoms with Crippen LogP contribution in [0.1, 0.15) is 0 Å². The Balaban J connectivity index is 2.99. The van der Waals surface area contributed by atoms with Crippen molar-refractivity contribution in [3.63, 3.8) is 0 Å². The third-order valence-electron chi connectivity index (χ3n) is 1.59. The third kappa shape index (κ3) is 0.714. The lowest BCUT2D eigenvalue weighted by Gasteiger charge is -1.94. The maximum Gasteiger partial charge on any atom is 0.166 e. The molecule has 2 aromatic heterocycles. The zero-order chi connectivity index (χ0) is 8.72. The molecule has 0 atom stereocenters. The molecular weight excluding hydrogens is 161 g/mol. The van der Waals surface area contributed by atoms with Crippen LogP contribution in [0.3, 0.4) is 0 Å². The van der Waals surface area contributed by atoms with Crippen molar-refractivity contribution in [2.45, 2.75) is 0 Å². The largest absolute Gasteiger partial charge is 0.383 e. The first-order valence-electron chi connectivity index (χ1n) is 3.22. The van der Waals surface area contributed by atoms with Gasteiger partial charge in [0, 0.05) is 0 Å². The topological polar surface area (TPSA) is 82.8 Å². The highest BCUT2D eigenvalue weighted by molar-refractivity contribution is 5.86. The molecule has 0 aliphatic heterocycles. The smallest absolute Gasteiger partial charge is 0.166 e. The first kappa shape index (κ1) is 6.84. The number of rotatable bonds is 0. The molecule has 0 saturated carbocycles. The van der Waals surface area contributed by atoms with Crippen molar-refractivity contribution in [1.29, 1.82) is 0 Å². The van der Waals surface area contributed by atoms with Crippen molar-refractivity contribution in [2.24, 2.45) is 0 Å². The van der Waals surface area contributed by atoms with Crippen molar-refractivity contribution in [3.05, 3.63) is 18.3 Å². The summed E-state index contributed by atoms with van der Waals surface area (Å²) in [6.07, 6.45) is 2.34. The molecule has 0 bridgehead atoms. The molecule has 4 N–H and O–H groups in total. The van der Waals surface area contributed by atoms with Gasteiger partial charge in [-0.05, 0) is 0 Å². The van der Waals surface area contributed by atoms with Crippen LogP contribution in [0.15, 0.2) is 12.5 Å². The quantitative estimate of drug-likeness (QED) is 0.535. The number of aromatic nitrogens is 3. The Morgan fingerprint density at radius 3 is 2.83 bits per heavy atom. The summed E-state index contributed by atoms with van der Waals surface area (Å²) >= 11 is 0. The summed E-state index contributed by atoms with van der Waals surface area (Å²) in [5, 5.41) is 0.167. The van der Waals surface area contributed by atoms with Crippen molar-refractivity contribution >= 4 is 16.9 Å². The molecule has 0 aliphatic rings. The van der Waals surface area contributed by atoms with Crippen LogP contribution in [0.4, 0.5) is 10.2 Å². The molecule has 0 unspecified atom stereocenters. The van der Waals surface area contributed by atoms with Gasteiger partial charge < -0.3 is 11.6 Å². The minimum atomic E-state index is -0.509. The third-order valence-corrected chi connectivity index (χ3v) is 1.59. The van der Waals surface area contributed by atoms with Crippen LogP contribution >= 0.6 is 0 Å². The molecular formula is C6H6FN5. The SMILES string of the molecule is Nc1ncnc2c1c(F)cn2N. The van der Waals surface area contributed by atoms with E-state index >= 15 is 0 Å². The standard InChI is InChI=1S/C6H6FN5/c7-3-1-12(9)6-4(3)5(8)10-2-11-6/h1-2H,9H2,(H2,8,10,11). The van der Waals surface area contributed by atoms with E-state index in [-0.39, 0.29) is 11.2 Å². The highest BCUT2D eigenvalue weighted by atomic mass is 19.1. The second kappa shape index (κ2) is 2.07. The number of hydrogen-bond donors (Lipinski definition) is 2. The van der Waals surface area contributed by atoms with Crippen molar-refractivity contribution < 1.29 is 4.39 Å². The van der Waals surface area contributed by atoms with Gasteiger partial charge in [0.05, 0.1) is 11.6 Å². The van der Waals surface area contributed by atoms with Gasteiger partial charge in [0.2, 0.25) is 0 Å². The summed E-state index contributed by atoms with van der Waals surface area (Å²) in [5.41, 5.74) is 5.70. The van der Waals surface area contributed by atoms with E-state index in [9.17, 15) is 4.39 Å². The molecule has 5 nitrogen and oxygen atoms in total. The van der Waals surface area contributed by atoms with Gasteiger partial charge in [-0.15, -0.1) is 0 Å². The van der Waals surface area contributed by atoms with E-state index < -0.39 is 5.82 Å². The monoisotopic (exact) mass is 167 g/mol. The molecule has 2 aromatic rings. The zero-order valence-electron chi connectivity index (χ0n) is 6.03. The molecule has 0 aromatic carbocycles. The minimum absolute atomic E-state index is 0.0988. The van der Waals surface area contributed by atoms with Crippen LogP contribution < -0.4 is 11.6 Å². The van der Waals surface area contributed by atoms with Crippen molar-refractivity contribution in [2.75, 3.05) is 11.6 Å². The fourth-order valence-electron chi connectivity index (χ4n) is 1.06. The van der Waals surface area contributed by atoms with Gasteiger partial charge >= 0.3 is 0 Å². The molecule has 0 aliphatic carbocycles. The Bertz CT molecular complexity index is 435. The number of nitrogen functional groups attached to an aromatic ring is 2. The minimum Gasteiger partial charge on any atom is -0.383 e.